The summed E-state index contributed by atoms with van der Waals surface area (Å²) in [4.78, 5) is 0. The number of nitrogens with one attached hydrogen (secondary N) is 1. The van der Waals surface area contributed by atoms with Gasteiger partial charge in [0.25, 0.3) is 0 Å². The zero-order valence-corrected chi connectivity index (χ0v) is 17.5. The summed E-state index contributed by atoms with van der Waals surface area (Å²) in [6, 6.07) is 14.2. The first-order valence-electron chi connectivity index (χ1n) is 10.3. The first kappa shape index (κ1) is 21.4. The van der Waals surface area contributed by atoms with Gasteiger partial charge in [-0.05, 0) is 37.4 Å². The Morgan fingerprint density at radius 2 is 1.72 bits per heavy atom. The summed E-state index contributed by atoms with van der Waals surface area (Å²) in [6.07, 6.45) is 4.26. The van der Waals surface area contributed by atoms with Crippen molar-refractivity contribution in [1.29, 1.82) is 0 Å². The van der Waals surface area contributed by atoms with E-state index in [9.17, 15) is 5.21 Å². The molecule has 0 spiro atoms. The molecule has 1 heterocycles. The molecule has 2 aromatic rings. The molecule has 29 heavy (non-hydrogen) atoms. The molecule has 0 aromatic heterocycles. The summed E-state index contributed by atoms with van der Waals surface area (Å²) < 4.78 is 16.0. The molecular formula is C23H32N2O4. The molecule has 3 rings (SSSR count). The molecule has 2 aromatic carbocycles. The van der Waals surface area contributed by atoms with Gasteiger partial charge in [0.1, 0.15) is 12.3 Å². The van der Waals surface area contributed by atoms with Gasteiger partial charge in [-0.25, -0.2) is 0 Å². The average Bonchev–Trinajstić information content (AvgIpc) is 2.75. The average molecular weight is 401 g/mol. The van der Waals surface area contributed by atoms with Crippen LogP contribution in [0.25, 0.3) is 0 Å². The van der Waals surface area contributed by atoms with Gasteiger partial charge in [0.15, 0.2) is 11.5 Å². The summed E-state index contributed by atoms with van der Waals surface area (Å²) in [6.45, 7) is 2.91. The predicted molar refractivity (Wildman–Crippen MR) is 114 cm³/mol. The van der Waals surface area contributed by atoms with Crippen molar-refractivity contribution >= 4 is 0 Å². The van der Waals surface area contributed by atoms with Gasteiger partial charge in [0.05, 0.1) is 26.3 Å². The highest BCUT2D eigenvalue weighted by atomic mass is 16.6. The highest BCUT2D eigenvalue weighted by Crippen LogP contribution is 2.38. The summed E-state index contributed by atoms with van der Waals surface area (Å²) in [7, 11) is 3.19. The largest absolute Gasteiger partial charge is 0.630 e. The minimum atomic E-state index is -0.363. The summed E-state index contributed by atoms with van der Waals surface area (Å²) >= 11 is 0. The monoisotopic (exact) mass is 400 g/mol. The van der Waals surface area contributed by atoms with Crippen molar-refractivity contribution in [3.8, 4) is 17.2 Å². The van der Waals surface area contributed by atoms with Crippen LogP contribution in [0.5, 0.6) is 17.2 Å². The molecule has 6 heteroatoms. The van der Waals surface area contributed by atoms with Gasteiger partial charge in [-0.3, -0.25) is 0 Å². The molecular weight excluding hydrogens is 368 g/mol. The molecule has 0 amide bonds. The fraction of sp³-hybridized carbons (Fsp3) is 0.478. The number of quaternary nitrogens is 1. The van der Waals surface area contributed by atoms with E-state index in [1.807, 2.05) is 6.07 Å². The molecule has 1 atom stereocenters. The minimum absolute atomic E-state index is 0.138. The SMILES string of the molecule is COc1cc2c(cc1OC)OC[N+]([O-])(CCCNCCCCc1ccccc1)C2. The zero-order valence-electron chi connectivity index (χ0n) is 17.5. The number of hydrogen-bond donors (Lipinski definition) is 1. The van der Waals surface area contributed by atoms with Crippen LogP contribution in [0.3, 0.4) is 0 Å². The lowest BCUT2D eigenvalue weighted by Crippen LogP contribution is -2.48. The second-order valence-electron chi connectivity index (χ2n) is 7.57. The number of methoxy groups -OCH3 is 2. The van der Waals surface area contributed by atoms with E-state index >= 15 is 0 Å². The van der Waals surface area contributed by atoms with E-state index in [1.54, 1.807) is 20.3 Å². The first-order valence-corrected chi connectivity index (χ1v) is 10.3. The van der Waals surface area contributed by atoms with Gasteiger partial charge >= 0.3 is 0 Å². The zero-order chi connectivity index (χ0) is 20.5. The van der Waals surface area contributed by atoms with Crippen molar-refractivity contribution in [1.82, 2.24) is 5.32 Å². The third kappa shape index (κ3) is 6.10. The van der Waals surface area contributed by atoms with Crippen LogP contribution in [0.2, 0.25) is 0 Å². The van der Waals surface area contributed by atoms with Crippen LogP contribution in [0.15, 0.2) is 42.5 Å². The number of fused-ring (bicyclic) bond motifs is 1. The molecule has 0 fully saturated rings. The third-order valence-corrected chi connectivity index (χ3v) is 5.31. The van der Waals surface area contributed by atoms with E-state index < -0.39 is 0 Å². The molecule has 0 bridgehead atoms. The predicted octanol–water partition coefficient (Wildman–Crippen LogP) is 3.87. The molecule has 6 nitrogen and oxygen atoms in total. The highest BCUT2D eigenvalue weighted by Gasteiger charge is 2.27. The van der Waals surface area contributed by atoms with Crippen LogP contribution in [0, 0.1) is 5.21 Å². The third-order valence-electron chi connectivity index (χ3n) is 5.31. The van der Waals surface area contributed by atoms with Crippen LogP contribution >= 0.6 is 0 Å². The Labute approximate surface area is 173 Å². The molecule has 0 saturated heterocycles. The molecule has 158 valence electrons. The minimum Gasteiger partial charge on any atom is -0.630 e. The number of hydroxylamine groups is 3. The smallest absolute Gasteiger partial charge is 0.223 e. The number of ether oxygens (including phenoxy) is 3. The number of benzene rings is 2. The van der Waals surface area contributed by atoms with Crippen molar-refractivity contribution in [2.75, 3.05) is 40.6 Å². The first-order chi connectivity index (χ1) is 14.1. The van der Waals surface area contributed by atoms with Crippen molar-refractivity contribution in [2.45, 2.75) is 32.2 Å². The Balaban J connectivity index is 1.36. The van der Waals surface area contributed by atoms with E-state index in [4.69, 9.17) is 14.2 Å². The van der Waals surface area contributed by atoms with Gasteiger partial charge < -0.3 is 29.4 Å². The maximum Gasteiger partial charge on any atom is 0.223 e. The molecule has 0 radical (unpaired) electrons. The van der Waals surface area contributed by atoms with Crippen LogP contribution < -0.4 is 19.5 Å². The van der Waals surface area contributed by atoms with E-state index in [1.165, 1.54) is 12.0 Å². The number of nitrogens with zero attached hydrogens (tertiary/aromatic N) is 1. The molecule has 0 saturated carbocycles. The van der Waals surface area contributed by atoms with Gasteiger partial charge in [0.2, 0.25) is 6.73 Å². The lowest BCUT2D eigenvalue weighted by Gasteiger charge is -2.45. The fourth-order valence-electron chi connectivity index (χ4n) is 3.69. The Kier molecular flexibility index (Phi) is 7.75. The molecule has 1 N–H and O–H groups in total. The number of unbranched alkanes of at least 4 members (excludes halogenated alkanes) is 1. The van der Waals surface area contributed by atoms with Crippen LogP contribution in [0.4, 0.5) is 0 Å². The molecule has 1 unspecified atom stereocenters. The fourth-order valence-corrected chi connectivity index (χ4v) is 3.69. The summed E-state index contributed by atoms with van der Waals surface area (Å²) in [5, 5.41) is 16.5. The lowest BCUT2D eigenvalue weighted by atomic mass is 10.1. The van der Waals surface area contributed by atoms with Gasteiger partial charge in [-0.1, -0.05) is 30.3 Å². The quantitative estimate of drug-likeness (QED) is 0.352. The Hall–Kier alpha value is -2.28. The normalized spacial score (nSPS) is 18.0. The van der Waals surface area contributed by atoms with E-state index in [-0.39, 0.29) is 11.4 Å². The van der Waals surface area contributed by atoms with Crippen molar-refractivity contribution in [3.63, 3.8) is 0 Å². The second-order valence-corrected chi connectivity index (χ2v) is 7.57. The van der Waals surface area contributed by atoms with Crippen LogP contribution in [-0.4, -0.2) is 45.2 Å². The standard InChI is InChI=1S/C23H32N2O4/c1-27-22-15-20-17-25(26,18-29-21(20)16-23(22)28-2)14-8-13-24-12-7-6-11-19-9-4-3-5-10-19/h3-5,9-10,15-16,24H,6-8,11-14,17-18H2,1-2H3. The maximum absolute atomic E-state index is 13.0. The molecule has 0 aliphatic carbocycles. The Morgan fingerprint density at radius 1 is 1.00 bits per heavy atom. The number of rotatable bonds is 11. The van der Waals surface area contributed by atoms with Gasteiger partial charge in [-0.15, -0.1) is 0 Å². The van der Waals surface area contributed by atoms with Gasteiger partial charge in [0, 0.05) is 19.0 Å². The Morgan fingerprint density at radius 3 is 2.48 bits per heavy atom. The van der Waals surface area contributed by atoms with Crippen molar-refractivity contribution in [2.24, 2.45) is 0 Å². The molecule has 1 aliphatic rings. The summed E-state index contributed by atoms with van der Waals surface area (Å²) in [5.74, 6) is 1.96. The van der Waals surface area contributed by atoms with Crippen LogP contribution in [0.1, 0.15) is 30.4 Å². The summed E-state index contributed by atoms with van der Waals surface area (Å²) in [5.41, 5.74) is 2.27. The second kappa shape index (κ2) is 10.5. The van der Waals surface area contributed by atoms with E-state index in [0.29, 0.717) is 30.3 Å². The Bertz CT molecular complexity index is 769. The molecule has 1 aliphatic heterocycles. The van der Waals surface area contributed by atoms with Gasteiger partial charge in [-0.2, -0.15) is 0 Å². The number of hydrogen-bond acceptors (Lipinski definition) is 5. The van der Waals surface area contributed by atoms with Crippen molar-refractivity contribution < 1.29 is 18.9 Å². The number of aryl methyl sites for hydroxylation is 1. The van der Waals surface area contributed by atoms with E-state index in [0.717, 1.165) is 37.9 Å². The van der Waals surface area contributed by atoms with Crippen molar-refractivity contribution in [3.05, 3.63) is 58.8 Å². The van der Waals surface area contributed by atoms with E-state index in [2.05, 4.69) is 35.6 Å². The topological polar surface area (TPSA) is 62.8 Å². The lowest BCUT2D eigenvalue weighted by molar-refractivity contribution is -0.912. The van der Waals surface area contributed by atoms with Crippen LogP contribution in [-0.2, 0) is 13.0 Å². The highest BCUT2D eigenvalue weighted by molar-refractivity contribution is 5.50. The maximum atomic E-state index is 13.0.